The zero-order chi connectivity index (χ0) is 37.6. The van der Waals surface area contributed by atoms with Gasteiger partial charge in [0.2, 0.25) is 0 Å². The van der Waals surface area contributed by atoms with Gasteiger partial charge in [-0.1, -0.05) is 218 Å². The van der Waals surface area contributed by atoms with Crippen LogP contribution in [-0.4, -0.2) is 0 Å². The van der Waals surface area contributed by atoms with Crippen molar-refractivity contribution in [3.63, 3.8) is 0 Å². The molecule has 0 radical (unpaired) electrons. The maximum Gasteiger partial charge on any atom is 0.0314 e. The van der Waals surface area contributed by atoms with E-state index in [1.807, 2.05) is 24.3 Å². The number of nitrogens with two attached hydrogens (primary N) is 1. The molecule has 6 rings (SSSR count). The molecule has 0 fully saturated rings. The molecule has 6 aromatic rings. The van der Waals surface area contributed by atoms with E-state index in [9.17, 15) is 0 Å². The van der Waals surface area contributed by atoms with Crippen molar-refractivity contribution < 1.29 is 0 Å². The van der Waals surface area contributed by atoms with Crippen LogP contribution in [0.3, 0.4) is 0 Å². The first-order chi connectivity index (χ1) is 25.3. The zero-order valence-electron chi connectivity index (χ0n) is 32.4. The maximum atomic E-state index is 5.82. The lowest BCUT2D eigenvalue weighted by Gasteiger charge is -2.26. The molecule has 6 aromatic carbocycles. The summed E-state index contributed by atoms with van der Waals surface area (Å²) >= 11 is 0. The fourth-order valence-electron chi connectivity index (χ4n) is 6.66. The van der Waals surface area contributed by atoms with Gasteiger partial charge >= 0.3 is 0 Å². The van der Waals surface area contributed by atoms with E-state index in [-0.39, 0.29) is 16.2 Å². The Labute approximate surface area is 318 Å². The van der Waals surface area contributed by atoms with Crippen molar-refractivity contribution in [1.29, 1.82) is 0 Å². The van der Waals surface area contributed by atoms with Crippen LogP contribution in [0.4, 0.5) is 5.69 Å². The van der Waals surface area contributed by atoms with Gasteiger partial charge in [-0.25, -0.2) is 0 Å². The molecule has 266 valence electrons. The lowest BCUT2D eigenvalue weighted by Crippen LogP contribution is -2.18. The topological polar surface area (TPSA) is 26.0 Å². The Balaban J connectivity index is 1.06. The second-order valence-electron chi connectivity index (χ2n) is 16.3. The highest BCUT2D eigenvalue weighted by Gasteiger charge is 2.24. The summed E-state index contributed by atoms with van der Waals surface area (Å²) in [5.41, 5.74) is 20.2. The molecule has 0 aromatic heterocycles. The SMILES string of the molecule is CC(C)(C)c1ccc(/C=C/c2ccc(C(C)(C)c3ccc(/C=C/c4ccc(C(C)(C)c5ccc(/C=C/c6ccc(N)cc6)cc5)cc4)cc3)cc2)cc1. The van der Waals surface area contributed by atoms with Gasteiger partial charge < -0.3 is 5.73 Å². The van der Waals surface area contributed by atoms with E-state index in [0.717, 1.165) is 11.3 Å². The first-order valence-corrected chi connectivity index (χ1v) is 18.7. The monoisotopic (exact) mass is 691 g/mol. The Morgan fingerprint density at radius 1 is 0.283 bits per heavy atom. The molecule has 2 N–H and O–H groups in total. The highest BCUT2D eigenvalue weighted by Crippen LogP contribution is 2.34. The quantitative estimate of drug-likeness (QED) is 0.112. The average molecular weight is 692 g/mol. The van der Waals surface area contributed by atoms with Gasteiger partial charge in [-0.15, -0.1) is 0 Å². The van der Waals surface area contributed by atoms with Crippen LogP contribution in [0, 0.1) is 0 Å². The Morgan fingerprint density at radius 3 is 0.679 bits per heavy atom. The van der Waals surface area contributed by atoms with Crippen LogP contribution in [0.5, 0.6) is 0 Å². The Bertz CT molecular complexity index is 2180. The highest BCUT2D eigenvalue weighted by molar-refractivity contribution is 5.72. The van der Waals surface area contributed by atoms with Gasteiger partial charge in [0, 0.05) is 16.5 Å². The van der Waals surface area contributed by atoms with Gasteiger partial charge in [-0.2, -0.15) is 0 Å². The molecule has 0 spiro atoms. The van der Waals surface area contributed by atoms with Gasteiger partial charge in [0.25, 0.3) is 0 Å². The number of nitrogen functional groups attached to an aromatic ring is 1. The molecule has 0 bridgehead atoms. The molecule has 1 nitrogen and oxygen atoms in total. The van der Waals surface area contributed by atoms with Crippen molar-refractivity contribution in [3.05, 3.63) is 207 Å². The van der Waals surface area contributed by atoms with E-state index >= 15 is 0 Å². The summed E-state index contributed by atoms with van der Waals surface area (Å²) in [7, 11) is 0. The van der Waals surface area contributed by atoms with Gasteiger partial charge in [-0.3, -0.25) is 0 Å². The van der Waals surface area contributed by atoms with Crippen LogP contribution in [0.1, 0.15) is 110 Å². The number of anilines is 1. The fraction of sp³-hybridized carbons (Fsp3) is 0.192. The predicted molar refractivity (Wildman–Crippen MR) is 233 cm³/mol. The minimum absolute atomic E-state index is 0.107. The molecule has 53 heavy (non-hydrogen) atoms. The van der Waals surface area contributed by atoms with E-state index in [1.54, 1.807) is 0 Å². The molecule has 0 aliphatic heterocycles. The highest BCUT2D eigenvalue weighted by atomic mass is 14.5. The Hall–Kier alpha value is -5.66. The second-order valence-corrected chi connectivity index (χ2v) is 16.3. The second kappa shape index (κ2) is 15.5. The zero-order valence-corrected chi connectivity index (χ0v) is 32.4. The molecular formula is C52H53N. The molecule has 0 saturated carbocycles. The van der Waals surface area contributed by atoms with Crippen LogP contribution >= 0.6 is 0 Å². The summed E-state index contributed by atoms with van der Waals surface area (Å²) in [6.07, 6.45) is 13.0. The van der Waals surface area contributed by atoms with Crippen molar-refractivity contribution in [1.82, 2.24) is 0 Å². The molecule has 1 heteroatoms. The third-order valence-corrected chi connectivity index (χ3v) is 10.6. The molecule has 0 unspecified atom stereocenters. The van der Waals surface area contributed by atoms with Crippen molar-refractivity contribution in [3.8, 4) is 0 Å². The lowest BCUT2D eigenvalue weighted by atomic mass is 9.77. The Morgan fingerprint density at radius 2 is 0.472 bits per heavy atom. The van der Waals surface area contributed by atoms with Crippen LogP contribution in [0.2, 0.25) is 0 Å². The largest absolute Gasteiger partial charge is 0.399 e. The number of hydrogen-bond donors (Lipinski definition) is 1. The van der Waals surface area contributed by atoms with Crippen LogP contribution in [0.15, 0.2) is 146 Å². The lowest BCUT2D eigenvalue weighted by molar-refractivity contribution is 0.590. The summed E-state index contributed by atoms with van der Waals surface area (Å²) in [6, 6.07) is 52.6. The molecule has 0 atom stereocenters. The van der Waals surface area contributed by atoms with E-state index in [4.69, 9.17) is 5.73 Å². The molecule has 0 aliphatic carbocycles. The van der Waals surface area contributed by atoms with Gasteiger partial charge in [0.1, 0.15) is 0 Å². The minimum atomic E-state index is -0.111. The molecular weight excluding hydrogens is 639 g/mol. The maximum absolute atomic E-state index is 5.82. The van der Waals surface area contributed by atoms with Crippen LogP contribution in [-0.2, 0) is 16.2 Å². The number of benzene rings is 6. The van der Waals surface area contributed by atoms with E-state index in [0.29, 0.717) is 0 Å². The van der Waals surface area contributed by atoms with Gasteiger partial charge in [0.05, 0.1) is 0 Å². The van der Waals surface area contributed by atoms with E-state index in [1.165, 1.54) is 55.6 Å². The first-order valence-electron chi connectivity index (χ1n) is 18.7. The number of rotatable bonds is 10. The third kappa shape index (κ3) is 9.23. The van der Waals surface area contributed by atoms with Crippen molar-refractivity contribution >= 4 is 42.1 Å². The first kappa shape index (κ1) is 37.1. The third-order valence-electron chi connectivity index (χ3n) is 10.6. The van der Waals surface area contributed by atoms with Crippen molar-refractivity contribution in [2.75, 3.05) is 5.73 Å². The van der Waals surface area contributed by atoms with Crippen LogP contribution in [0.25, 0.3) is 36.5 Å². The van der Waals surface area contributed by atoms with Crippen molar-refractivity contribution in [2.24, 2.45) is 0 Å². The fourth-order valence-corrected chi connectivity index (χ4v) is 6.66. The number of hydrogen-bond acceptors (Lipinski definition) is 1. The Kier molecular flexibility index (Phi) is 10.9. The summed E-state index contributed by atoms with van der Waals surface area (Å²) < 4.78 is 0. The van der Waals surface area contributed by atoms with Gasteiger partial charge in [0.15, 0.2) is 0 Å². The summed E-state index contributed by atoms with van der Waals surface area (Å²) in [4.78, 5) is 0. The van der Waals surface area contributed by atoms with E-state index < -0.39 is 0 Å². The standard InChI is InChI=1S/C52H53N/c1-50(2,3)44-26-14-38(15-27-44)8-9-39-16-28-45(29-17-39)51(4,5)46-30-18-40(19-31-46)10-11-41-20-32-47(33-21-41)52(6,7)48-34-22-42(23-35-48)12-13-43-24-36-49(53)37-25-43/h8-37H,53H2,1-7H3/b9-8+,11-10+,13-12+. The predicted octanol–water partition coefficient (Wildman–Crippen LogP) is 13.7. The van der Waals surface area contributed by atoms with Gasteiger partial charge in [-0.05, 0) is 78.7 Å². The minimum Gasteiger partial charge on any atom is -0.399 e. The smallest absolute Gasteiger partial charge is 0.0314 e. The summed E-state index contributed by atoms with van der Waals surface area (Å²) in [6.45, 7) is 15.9. The molecule has 0 amide bonds. The van der Waals surface area contributed by atoms with Crippen LogP contribution < -0.4 is 5.73 Å². The molecule has 0 saturated heterocycles. The van der Waals surface area contributed by atoms with Crippen molar-refractivity contribution in [2.45, 2.75) is 64.7 Å². The average Bonchev–Trinajstić information content (AvgIpc) is 3.16. The summed E-state index contributed by atoms with van der Waals surface area (Å²) in [5, 5.41) is 0. The molecule has 0 heterocycles. The summed E-state index contributed by atoms with van der Waals surface area (Å²) in [5.74, 6) is 0. The normalized spacial score (nSPS) is 12.7. The van der Waals surface area contributed by atoms with E-state index in [2.05, 4.69) is 206 Å². The molecule has 0 aliphatic rings.